The van der Waals surface area contributed by atoms with Gasteiger partial charge in [0.1, 0.15) is 11.6 Å². The zero-order valence-corrected chi connectivity index (χ0v) is 11.1. The van der Waals surface area contributed by atoms with E-state index in [0.717, 1.165) is 11.6 Å². The first-order valence-corrected chi connectivity index (χ1v) is 6.08. The molecule has 2 aromatic rings. The van der Waals surface area contributed by atoms with Crippen LogP contribution in [0.2, 0.25) is 0 Å². The summed E-state index contributed by atoms with van der Waals surface area (Å²) in [5.41, 5.74) is 1.19. The number of aromatic nitrogens is 1. The van der Waals surface area contributed by atoms with E-state index >= 15 is 0 Å². The number of pyridine rings is 1. The molecule has 0 aromatic carbocycles. The Hall–Kier alpha value is -1.81. The van der Waals surface area contributed by atoms with Gasteiger partial charge in [0.2, 0.25) is 0 Å². The molecule has 18 heavy (non-hydrogen) atoms. The summed E-state index contributed by atoms with van der Waals surface area (Å²) in [5.74, 6) is 1.92. The van der Waals surface area contributed by atoms with Crippen LogP contribution in [-0.2, 0) is 6.54 Å². The van der Waals surface area contributed by atoms with Crippen molar-refractivity contribution in [2.24, 2.45) is 0 Å². The van der Waals surface area contributed by atoms with Gasteiger partial charge in [0, 0.05) is 24.8 Å². The van der Waals surface area contributed by atoms with Crippen molar-refractivity contribution in [2.45, 2.75) is 19.5 Å². The maximum atomic E-state index is 5.37. The second-order valence-electron chi connectivity index (χ2n) is 4.36. The SMILES string of the molecule is CNC(C)c1cccnc1N(C)Cc1ccco1. The quantitative estimate of drug-likeness (QED) is 0.879. The third-order valence-corrected chi connectivity index (χ3v) is 3.05. The highest BCUT2D eigenvalue weighted by Gasteiger charge is 2.14. The predicted octanol–water partition coefficient (Wildman–Crippen LogP) is 2.59. The fourth-order valence-corrected chi connectivity index (χ4v) is 1.93. The van der Waals surface area contributed by atoms with Crippen LogP contribution in [-0.4, -0.2) is 19.1 Å². The summed E-state index contributed by atoms with van der Waals surface area (Å²) in [6.07, 6.45) is 3.51. The Morgan fingerprint density at radius 1 is 1.39 bits per heavy atom. The Morgan fingerprint density at radius 2 is 2.22 bits per heavy atom. The van der Waals surface area contributed by atoms with E-state index in [1.807, 2.05) is 38.5 Å². The standard InChI is InChI=1S/C14H19N3O/c1-11(15-2)13-7-4-8-16-14(13)17(3)10-12-6-5-9-18-12/h4-9,11,15H,10H2,1-3H3. The molecule has 2 aromatic heterocycles. The molecule has 2 rings (SSSR count). The molecule has 1 N–H and O–H groups in total. The lowest BCUT2D eigenvalue weighted by Gasteiger charge is -2.22. The van der Waals surface area contributed by atoms with Crippen molar-refractivity contribution in [3.63, 3.8) is 0 Å². The maximum absolute atomic E-state index is 5.37. The molecule has 0 radical (unpaired) electrons. The minimum absolute atomic E-state index is 0.271. The van der Waals surface area contributed by atoms with Crippen molar-refractivity contribution in [3.8, 4) is 0 Å². The summed E-state index contributed by atoms with van der Waals surface area (Å²) in [6, 6.07) is 8.21. The third kappa shape index (κ3) is 2.71. The van der Waals surface area contributed by atoms with E-state index in [2.05, 4.69) is 28.2 Å². The molecule has 0 saturated heterocycles. The fraction of sp³-hybridized carbons (Fsp3) is 0.357. The van der Waals surface area contributed by atoms with Crippen LogP contribution in [0.15, 0.2) is 41.1 Å². The molecule has 0 fully saturated rings. The highest BCUT2D eigenvalue weighted by molar-refractivity contribution is 5.47. The Bertz CT molecular complexity index is 482. The first-order valence-electron chi connectivity index (χ1n) is 6.08. The van der Waals surface area contributed by atoms with E-state index in [1.165, 1.54) is 5.56 Å². The Morgan fingerprint density at radius 3 is 2.89 bits per heavy atom. The van der Waals surface area contributed by atoms with Crippen molar-refractivity contribution >= 4 is 5.82 Å². The van der Waals surface area contributed by atoms with Gasteiger partial charge in [-0.15, -0.1) is 0 Å². The van der Waals surface area contributed by atoms with Crippen LogP contribution < -0.4 is 10.2 Å². The molecule has 0 saturated carbocycles. The molecule has 1 atom stereocenters. The summed E-state index contributed by atoms with van der Waals surface area (Å²) in [6.45, 7) is 2.84. The van der Waals surface area contributed by atoms with Crippen LogP contribution >= 0.6 is 0 Å². The number of hydrogen-bond donors (Lipinski definition) is 1. The third-order valence-electron chi connectivity index (χ3n) is 3.05. The van der Waals surface area contributed by atoms with Crippen LogP contribution in [0, 0.1) is 0 Å². The average Bonchev–Trinajstić information content (AvgIpc) is 2.90. The van der Waals surface area contributed by atoms with Gasteiger partial charge in [0.15, 0.2) is 0 Å². The Labute approximate surface area is 108 Å². The van der Waals surface area contributed by atoms with E-state index in [-0.39, 0.29) is 6.04 Å². The van der Waals surface area contributed by atoms with Gasteiger partial charge in [-0.3, -0.25) is 0 Å². The topological polar surface area (TPSA) is 41.3 Å². The lowest BCUT2D eigenvalue weighted by Crippen LogP contribution is -2.22. The minimum Gasteiger partial charge on any atom is -0.467 e. The molecular formula is C14H19N3O. The van der Waals surface area contributed by atoms with E-state index in [1.54, 1.807) is 6.26 Å². The summed E-state index contributed by atoms with van der Waals surface area (Å²) in [7, 11) is 3.98. The van der Waals surface area contributed by atoms with Crippen LogP contribution in [0.5, 0.6) is 0 Å². The summed E-state index contributed by atoms with van der Waals surface area (Å²) < 4.78 is 5.37. The second-order valence-corrected chi connectivity index (χ2v) is 4.36. The van der Waals surface area contributed by atoms with Crippen molar-refractivity contribution in [1.82, 2.24) is 10.3 Å². The van der Waals surface area contributed by atoms with Crippen LogP contribution in [0.3, 0.4) is 0 Å². The molecule has 0 bridgehead atoms. The minimum atomic E-state index is 0.271. The zero-order chi connectivity index (χ0) is 13.0. The maximum Gasteiger partial charge on any atom is 0.133 e. The van der Waals surface area contributed by atoms with Crippen LogP contribution in [0.1, 0.15) is 24.3 Å². The summed E-state index contributed by atoms with van der Waals surface area (Å²) in [5, 5.41) is 3.25. The second kappa shape index (κ2) is 5.69. The molecule has 96 valence electrons. The molecule has 0 aliphatic heterocycles. The predicted molar refractivity (Wildman–Crippen MR) is 72.5 cm³/mol. The molecule has 0 aliphatic carbocycles. The van der Waals surface area contributed by atoms with Crippen LogP contribution in [0.4, 0.5) is 5.82 Å². The van der Waals surface area contributed by atoms with Gasteiger partial charge >= 0.3 is 0 Å². The number of hydrogen-bond acceptors (Lipinski definition) is 4. The lowest BCUT2D eigenvalue weighted by molar-refractivity contribution is 0.506. The molecular weight excluding hydrogens is 226 g/mol. The molecule has 0 spiro atoms. The number of anilines is 1. The molecule has 0 amide bonds. The highest BCUT2D eigenvalue weighted by Crippen LogP contribution is 2.23. The zero-order valence-electron chi connectivity index (χ0n) is 11.1. The van der Waals surface area contributed by atoms with E-state index in [4.69, 9.17) is 4.42 Å². The van der Waals surface area contributed by atoms with Crippen molar-refractivity contribution in [2.75, 3.05) is 19.0 Å². The first kappa shape index (κ1) is 12.6. The fourth-order valence-electron chi connectivity index (χ4n) is 1.93. The number of rotatable bonds is 5. The van der Waals surface area contributed by atoms with E-state index < -0.39 is 0 Å². The normalized spacial score (nSPS) is 12.4. The lowest BCUT2D eigenvalue weighted by atomic mass is 10.1. The molecule has 2 heterocycles. The smallest absolute Gasteiger partial charge is 0.133 e. The molecule has 1 unspecified atom stereocenters. The van der Waals surface area contributed by atoms with E-state index in [0.29, 0.717) is 6.54 Å². The van der Waals surface area contributed by atoms with Gasteiger partial charge in [-0.1, -0.05) is 6.07 Å². The first-order chi connectivity index (χ1) is 8.72. The average molecular weight is 245 g/mol. The van der Waals surface area contributed by atoms with E-state index in [9.17, 15) is 0 Å². The number of furan rings is 1. The van der Waals surface area contributed by atoms with Gasteiger partial charge in [0.05, 0.1) is 12.8 Å². The van der Waals surface area contributed by atoms with Gasteiger partial charge in [-0.25, -0.2) is 4.98 Å². The Kier molecular flexibility index (Phi) is 3.99. The van der Waals surface area contributed by atoms with Crippen molar-refractivity contribution in [1.29, 1.82) is 0 Å². The highest BCUT2D eigenvalue weighted by atomic mass is 16.3. The molecule has 4 heteroatoms. The largest absolute Gasteiger partial charge is 0.467 e. The monoisotopic (exact) mass is 245 g/mol. The summed E-state index contributed by atoms with van der Waals surface area (Å²) >= 11 is 0. The number of nitrogens with one attached hydrogen (secondary N) is 1. The molecule has 4 nitrogen and oxygen atoms in total. The molecule has 0 aliphatic rings. The van der Waals surface area contributed by atoms with Crippen LogP contribution in [0.25, 0.3) is 0 Å². The van der Waals surface area contributed by atoms with Gasteiger partial charge in [0.25, 0.3) is 0 Å². The number of nitrogens with zero attached hydrogens (tertiary/aromatic N) is 2. The van der Waals surface area contributed by atoms with Gasteiger partial charge < -0.3 is 14.6 Å². The van der Waals surface area contributed by atoms with Crippen molar-refractivity contribution in [3.05, 3.63) is 48.0 Å². The Balaban J connectivity index is 2.21. The van der Waals surface area contributed by atoms with Crippen molar-refractivity contribution < 1.29 is 4.42 Å². The van der Waals surface area contributed by atoms with Gasteiger partial charge in [-0.2, -0.15) is 0 Å². The summed E-state index contributed by atoms with van der Waals surface area (Å²) in [4.78, 5) is 6.57. The van der Waals surface area contributed by atoms with Gasteiger partial charge in [-0.05, 0) is 32.2 Å².